The minimum Gasteiger partial charge on any atom is -0.363 e. The Morgan fingerprint density at radius 3 is 2.31 bits per heavy atom. The standard InChI is InChI=1S/C20H27N7O2/c1-24(2)17-12-18(22-13-21-17)27(14-4-5-14)15-8-10-26(11-9-15)20(29)16-6-7-19(28)25(3)23-16/h6-7,12-15H,4-5,8-11H2,1-3H3. The number of anilines is 2. The number of likely N-dealkylation sites (tertiary alicyclic amines) is 1. The van der Waals surface area contributed by atoms with Gasteiger partial charge in [-0.15, -0.1) is 0 Å². The van der Waals surface area contributed by atoms with Crippen LogP contribution in [0, 0.1) is 0 Å². The molecule has 1 saturated carbocycles. The molecule has 0 aromatic carbocycles. The van der Waals surface area contributed by atoms with Crippen molar-refractivity contribution in [3.8, 4) is 0 Å². The Labute approximate surface area is 170 Å². The van der Waals surface area contributed by atoms with Gasteiger partial charge in [-0.25, -0.2) is 14.6 Å². The van der Waals surface area contributed by atoms with E-state index in [9.17, 15) is 9.59 Å². The van der Waals surface area contributed by atoms with E-state index in [0.29, 0.717) is 30.9 Å². The van der Waals surface area contributed by atoms with Crippen LogP contribution in [0.4, 0.5) is 11.6 Å². The third-order valence-corrected chi connectivity index (χ3v) is 5.63. The molecule has 0 radical (unpaired) electrons. The Hall–Kier alpha value is -2.97. The fourth-order valence-corrected chi connectivity index (χ4v) is 3.87. The number of hydrogen-bond donors (Lipinski definition) is 0. The van der Waals surface area contributed by atoms with Gasteiger partial charge in [0.1, 0.15) is 23.7 Å². The summed E-state index contributed by atoms with van der Waals surface area (Å²) in [4.78, 5) is 39.4. The molecule has 1 saturated heterocycles. The summed E-state index contributed by atoms with van der Waals surface area (Å²) in [6.45, 7) is 1.34. The average molecular weight is 397 g/mol. The summed E-state index contributed by atoms with van der Waals surface area (Å²) in [7, 11) is 5.51. The number of piperidine rings is 1. The second-order valence-electron chi connectivity index (χ2n) is 7.97. The smallest absolute Gasteiger partial charge is 0.274 e. The van der Waals surface area contributed by atoms with Crippen LogP contribution in [0.25, 0.3) is 0 Å². The fourth-order valence-electron chi connectivity index (χ4n) is 3.87. The van der Waals surface area contributed by atoms with E-state index in [1.165, 1.54) is 29.7 Å². The van der Waals surface area contributed by atoms with Crippen molar-refractivity contribution in [2.24, 2.45) is 7.05 Å². The van der Waals surface area contributed by atoms with E-state index in [1.807, 2.05) is 30.0 Å². The van der Waals surface area contributed by atoms with Crippen LogP contribution in [0.5, 0.6) is 0 Å². The molecule has 9 heteroatoms. The van der Waals surface area contributed by atoms with Crippen molar-refractivity contribution in [3.63, 3.8) is 0 Å². The van der Waals surface area contributed by atoms with Gasteiger partial charge in [0.25, 0.3) is 11.5 Å². The second-order valence-corrected chi connectivity index (χ2v) is 7.97. The predicted molar refractivity (Wildman–Crippen MR) is 110 cm³/mol. The zero-order chi connectivity index (χ0) is 20.5. The van der Waals surface area contributed by atoms with Crippen LogP contribution in [0.3, 0.4) is 0 Å². The van der Waals surface area contributed by atoms with Gasteiger partial charge in [0, 0.05) is 58.4 Å². The number of aromatic nitrogens is 4. The number of carbonyl (C=O) groups excluding carboxylic acids is 1. The van der Waals surface area contributed by atoms with Crippen LogP contribution < -0.4 is 15.4 Å². The predicted octanol–water partition coefficient (Wildman–Crippen LogP) is 0.910. The summed E-state index contributed by atoms with van der Waals surface area (Å²) in [5.74, 6) is 1.75. The largest absolute Gasteiger partial charge is 0.363 e. The van der Waals surface area contributed by atoms with Crippen molar-refractivity contribution >= 4 is 17.5 Å². The first-order valence-electron chi connectivity index (χ1n) is 10.1. The normalized spacial score (nSPS) is 17.3. The molecule has 2 aliphatic rings. The number of hydrogen-bond acceptors (Lipinski definition) is 7. The lowest BCUT2D eigenvalue weighted by atomic mass is 10.0. The Balaban J connectivity index is 1.46. The quantitative estimate of drug-likeness (QED) is 0.741. The Morgan fingerprint density at radius 1 is 1.03 bits per heavy atom. The summed E-state index contributed by atoms with van der Waals surface area (Å²) in [5.41, 5.74) is 0.0956. The molecule has 4 rings (SSSR count). The third-order valence-electron chi connectivity index (χ3n) is 5.63. The van der Waals surface area contributed by atoms with Crippen LogP contribution >= 0.6 is 0 Å². The van der Waals surface area contributed by atoms with Gasteiger partial charge < -0.3 is 14.7 Å². The molecule has 2 aromatic rings. The fraction of sp³-hybridized carbons (Fsp3) is 0.550. The lowest BCUT2D eigenvalue weighted by Crippen LogP contribution is -2.48. The zero-order valence-corrected chi connectivity index (χ0v) is 17.2. The maximum atomic E-state index is 12.8. The topological polar surface area (TPSA) is 87.5 Å². The molecule has 9 nitrogen and oxygen atoms in total. The van der Waals surface area contributed by atoms with Crippen molar-refractivity contribution < 1.29 is 4.79 Å². The van der Waals surface area contributed by atoms with Crippen LogP contribution in [0.15, 0.2) is 29.3 Å². The highest BCUT2D eigenvalue weighted by Gasteiger charge is 2.37. The van der Waals surface area contributed by atoms with E-state index in [4.69, 9.17) is 0 Å². The molecule has 1 aliphatic carbocycles. The van der Waals surface area contributed by atoms with Crippen molar-refractivity contribution in [2.75, 3.05) is 37.0 Å². The molecule has 2 aromatic heterocycles. The molecule has 0 unspecified atom stereocenters. The molecule has 154 valence electrons. The molecule has 0 spiro atoms. The molecule has 1 aliphatic heterocycles. The molecule has 0 N–H and O–H groups in total. The van der Waals surface area contributed by atoms with Gasteiger partial charge in [0.15, 0.2) is 0 Å². The molecule has 0 atom stereocenters. The summed E-state index contributed by atoms with van der Waals surface area (Å²) in [6, 6.07) is 5.82. The van der Waals surface area contributed by atoms with Gasteiger partial charge >= 0.3 is 0 Å². The number of nitrogens with zero attached hydrogens (tertiary/aromatic N) is 7. The van der Waals surface area contributed by atoms with Crippen molar-refractivity contribution in [1.29, 1.82) is 0 Å². The van der Waals surface area contributed by atoms with Crippen molar-refractivity contribution in [3.05, 3.63) is 40.6 Å². The highest BCUT2D eigenvalue weighted by molar-refractivity contribution is 5.92. The van der Waals surface area contributed by atoms with Gasteiger partial charge in [0.2, 0.25) is 0 Å². The number of aryl methyl sites for hydroxylation is 1. The van der Waals surface area contributed by atoms with Gasteiger partial charge in [-0.05, 0) is 31.7 Å². The monoisotopic (exact) mass is 397 g/mol. The van der Waals surface area contributed by atoms with Gasteiger partial charge in [-0.1, -0.05) is 0 Å². The SMILES string of the molecule is CN(C)c1cc(N(C2CC2)C2CCN(C(=O)c3ccc(=O)n(C)n3)CC2)ncn1. The molecule has 2 fully saturated rings. The van der Waals surface area contributed by atoms with E-state index in [0.717, 1.165) is 24.5 Å². The van der Waals surface area contributed by atoms with Gasteiger partial charge in [-0.2, -0.15) is 5.10 Å². The minimum atomic E-state index is -0.220. The van der Waals surface area contributed by atoms with Crippen LogP contribution in [-0.2, 0) is 7.05 Å². The number of rotatable bonds is 5. The maximum absolute atomic E-state index is 12.8. The summed E-state index contributed by atoms with van der Waals surface area (Å²) in [6.07, 6.45) is 5.76. The molecule has 3 heterocycles. The highest BCUT2D eigenvalue weighted by atomic mass is 16.2. The van der Waals surface area contributed by atoms with E-state index < -0.39 is 0 Å². The molecule has 29 heavy (non-hydrogen) atoms. The first kappa shape index (κ1) is 19.4. The Kier molecular flexibility index (Phi) is 5.21. The summed E-state index contributed by atoms with van der Waals surface area (Å²) in [5, 5.41) is 4.09. The first-order chi connectivity index (χ1) is 13.9. The van der Waals surface area contributed by atoms with E-state index in [2.05, 4.69) is 20.0 Å². The average Bonchev–Trinajstić information content (AvgIpc) is 3.55. The first-order valence-corrected chi connectivity index (χ1v) is 10.1. The second kappa shape index (κ2) is 7.81. The molecule has 0 bridgehead atoms. The number of carbonyl (C=O) groups is 1. The molecule has 1 amide bonds. The van der Waals surface area contributed by atoms with E-state index in [1.54, 1.807) is 13.4 Å². The maximum Gasteiger partial charge on any atom is 0.274 e. The minimum absolute atomic E-state index is 0.117. The zero-order valence-electron chi connectivity index (χ0n) is 17.2. The van der Waals surface area contributed by atoms with Crippen LogP contribution in [0.2, 0.25) is 0 Å². The third kappa shape index (κ3) is 4.08. The summed E-state index contributed by atoms with van der Waals surface area (Å²) < 4.78 is 1.20. The lowest BCUT2D eigenvalue weighted by molar-refractivity contribution is 0.0703. The highest BCUT2D eigenvalue weighted by Crippen LogP contribution is 2.36. The van der Waals surface area contributed by atoms with Gasteiger partial charge in [0.05, 0.1) is 0 Å². The van der Waals surface area contributed by atoms with E-state index in [-0.39, 0.29) is 11.5 Å². The van der Waals surface area contributed by atoms with Gasteiger partial charge in [-0.3, -0.25) is 9.59 Å². The Morgan fingerprint density at radius 2 is 1.69 bits per heavy atom. The Bertz CT molecular complexity index is 946. The van der Waals surface area contributed by atoms with Crippen LogP contribution in [0.1, 0.15) is 36.2 Å². The molecular formula is C20H27N7O2. The van der Waals surface area contributed by atoms with Crippen LogP contribution in [-0.4, -0.2) is 69.8 Å². The lowest BCUT2D eigenvalue weighted by Gasteiger charge is -2.39. The number of amides is 1. The van der Waals surface area contributed by atoms with Crippen molar-refractivity contribution in [2.45, 2.75) is 37.8 Å². The molecular weight excluding hydrogens is 370 g/mol. The van der Waals surface area contributed by atoms with Crippen molar-refractivity contribution in [1.82, 2.24) is 24.6 Å². The summed E-state index contributed by atoms with van der Waals surface area (Å²) >= 11 is 0. The van der Waals surface area contributed by atoms with E-state index >= 15 is 0 Å².